The first-order valence-electron chi connectivity index (χ1n) is 3.25. The van der Waals surface area contributed by atoms with Gasteiger partial charge in [-0.05, 0) is 6.92 Å². The molecule has 0 spiro atoms. The topological polar surface area (TPSA) is 91.4 Å². The highest BCUT2D eigenvalue weighted by Gasteiger charge is 2.08. The Hall–Kier alpha value is -1.41. The predicted molar refractivity (Wildman–Crippen MR) is 38.3 cm³/mol. The van der Waals surface area contributed by atoms with Gasteiger partial charge in [-0.25, -0.2) is 4.98 Å². The van der Waals surface area contributed by atoms with Crippen LogP contribution in [0.1, 0.15) is 24.1 Å². The van der Waals surface area contributed by atoms with E-state index in [0.29, 0.717) is 11.6 Å². The average Bonchev–Trinajstić information content (AvgIpc) is 2.36. The number of nitrogens with zero attached hydrogens (tertiary/aromatic N) is 3. The van der Waals surface area contributed by atoms with Crippen molar-refractivity contribution in [2.45, 2.75) is 19.4 Å². The van der Waals surface area contributed by atoms with Crippen molar-refractivity contribution in [3.63, 3.8) is 0 Å². The summed E-state index contributed by atoms with van der Waals surface area (Å²) in [6.45, 7) is 1.76. The van der Waals surface area contributed by atoms with Crippen LogP contribution in [0.2, 0.25) is 0 Å². The number of nitrogens with one attached hydrogen (secondary N) is 1. The summed E-state index contributed by atoms with van der Waals surface area (Å²) >= 11 is 0. The number of H-pyrrole nitrogens is 1. The molecule has 1 atom stereocenters. The number of hydrogen-bond acceptors (Lipinski definition) is 4. The van der Waals surface area contributed by atoms with E-state index in [9.17, 15) is 0 Å². The van der Waals surface area contributed by atoms with Gasteiger partial charge in [-0.15, -0.1) is 0 Å². The van der Waals surface area contributed by atoms with E-state index in [0.717, 1.165) is 0 Å². The number of nitrogens with two attached hydrogens (primary N) is 1. The third kappa shape index (κ3) is 1.75. The molecule has 0 aliphatic heterocycles. The van der Waals surface area contributed by atoms with E-state index in [1.807, 2.05) is 6.07 Å². The van der Waals surface area contributed by atoms with Crippen LogP contribution in [0.15, 0.2) is 0 Å². The molecule has 0 aromatic carbocycles. The Morgan fingerprint density at radius 3 is 3.00 bits per heavy atom. The summed E-state index contributed by atoms with van der Waals surface area (Å²) in [4.78, 5) is 3.99. The Kier molecular flexibility index (Phi) is 2.18. The van der Waals surface area contributed by atoms with Crippen molar-refractivity contribution in [2.24, 2.45) is 5.73 Å². The Morgan fingerprint density at radius 1 is 1.82 bits per heavy atom. The van der Waals surface area contributed by atoms with Crippen LogP contribution in [0.3, 0.4) is 0 Å². The first kappa shape index (κ1) is 7.69. The molecule has 0 unspecified atom stereocenters. The minimum Gasteiger partial charge on any atom is -0.320 e. The monoisotopic (exact) mass is 151 g/mol. The molecule has 11 heavy (non-hydrogen) atoms. The van der Waals surface area contributed by atoms with Gasteiger partial charge in [0.1, 0.15) is 11.6 Å². The molecule has 0 bridgehead atoms. The van der Waals surface area contributed by atoms with Crippen molar-refractivity contribution in [1.82, 2.24) is 15.2 Å². The minimum atomic E-state index is -0.346. The van der Waals surface area contributed by atoms with E-state index in [4.69, 9.17) is 11.0 Å². The highest BCUT2D eigenvalue weighted by atomic mass is 15.2. The fourth-order valence-electron chi connectivity index (χ4n) is 0.723. The molecule has 5 heteroatoms. The summed E-state index contributed by atoms with van der Waals surface area (Å²) < 4.78 is 0. The summed E-state index contributed by atoms with van der Waals surface area (Å²) in [5, 5.41) is 14.8. The summed E-state index contributed by atoms with van der Waals surface area (Å²) in [7, 11) is 0. The fourth-order valence-corrected chi connectivity index (χ4v) is 0.723. The largest absolute Gasteiger partial charge is 0.320 e. The summed E-state index contributed by atoms with van der Waals surface area (Å²) in [5.41, 5.74) is 5.56. The number of nitriles is 1. The highest BCUT2D eigenvalue weighted by Crippen LogP contribution is 2.06. The van der Waals surface area contributed by atoms with E-state index < -0.39 is 0 Å². The van der Waals surface area contributed by atoms with Gasteiger partial charge in [0.2, 0.25) is 0 Å². The molecule has 1 aromatic rings. The lowest BCUT2D eigenvalue weighted by molar-refractivity contribution is 0.691. The molecular formula is C6H9N5. The van der Waals surface area contributed by atoms with Gasteiger partial charge < -0.3 is 5.73 Å². The second kappa shape index (κ2) is 3.12. The van der Waals surface area contributed by atoms with Crippen molar-refractivity contribution >= 4 is 0 Å². The van der Waals surface area contributed by atoms with Crippen LogP contribution >= 0.6 is 0 Å². The standard InChI is InChI=1S/C6H9N5/c1-4-9-6(11-10-4)5(8)2-3-7/h5H,2,8H2,1H3,(H,9,10,11)/t5-/m0/s1. The van der Waals surface area contributed by atoms with E-state index in [2.05, 4.69) is 15.2 Å². The molecule has 0 radical (unpaired) electrons. The molecule has 3 N–H and O–H groups in total. The highest BCUT2D eigenvalue weighted by molar-refractivity contribution is 4.97. The SMILES string of the molecule is Cc1n[nH]c([C@@H](N)CC#N)n1. The predicted octanol–water partition coefficient (Wildman–Crippen LogP) is 0.0266. The molecule has 5 nitrogen and oxygen atoms in total. The lowest BCUT2D eigenvalue weighted by Gasteiger charge is -1.99. The second-order valence-corrected chi connectivity index (χ2v) is 2.24. The van der Waals surface area contributed by atoms with Gasteiger partial charge in [0.05, 0.1) is 18.5 Å². The van der Waals surface area contributed by atoms with Crippen LogP contribution in [0.4, 0.5) is 0 Å². The van der Waals surface area contributed by atoms with Crippen LogP contribution in [0.5, 0.6) is 0 Å². The van der Waals surface area contributed by atoms with Crippen LogP contribution in [0.25, 0.3) is 0 Å². The smallest absolute Gasteiger partial charge is 0.147 e. The van der Waals surface area contributed by atoms with E-state index in [1.54, 1.807) is 6.92 Å². The van der Waals surface area contributed by atoms with Crippen molar-refractivity contribution in [1.29, 1.82) is 5.26 Å². The van der Waals surface area contributed by atoms with E-state index >= 15 is 0 Å². The van der Waals surface area contributed by atoms with Gasteiger partial charge in [0.25, 0.3) is 0 Å². The molecule has 0 fully saturated rings. The zero-order valence-corrected chi connectivity index (χ0v) is 6.20. The number of rotatable bonds is 2. The summed E-state index contributed by atoms with van der Waals surface area (Å²) in [6.07, 6.45) is 0.259. The minimum absolute atomic E-state index is 0.259. The second-order valence-electron chi connectivity index (χ2n) is 2.24. The molecule has 1 heterocycles. The van der Waals surface area contributed by atoms with Crippen molar-refractivity contribution in [3.05, 3.63) is 11.6 Å². The van der Waals surface area contributed by atoms with Crippen LogP contribution in [-0.2, 0) is 0 Å². The Balaban J connectivity index is 2.70. The van der Waals surface area contributed by atoms with Gasteiger partial charge >= 0.3 is 0 Å². The van der Waals surface area contributed by atoms with Crippen molar-refractivity contribution in [2.75, 3.05) is 0 Å². The van der Waals surface area contributed by atoms with Gasteiger partial charge in [-0.2, -0.15) is 10.4 Å². The molecule has 58 valence electrons. The summed E-state index contributed by atoms with van der Waals surface area (Å²) in [5.74, 6) is 1.22. The molecule has 0 aliphatic carbocycles. The maximum absolute atomic E-state index is 8.31. The quantitative estimate of drug-likeness (QED) is 0.623. The van der Waals surface area contributed by atoms with Gasteiger partial charge in [-0.1, -0.05) is 0 Å². The summed E-state index contributed by atoms with van der Waals surface area (Å²) in [6, 6.07) is 1.62. The lowest BCUT2D eigenvalue weighted by Crippen LogP contribution is -2.11. The van der Waals surface area contributed by atoms with Crippen molar-refractivity contribution in [3.8, 4) is 6.07 Å². The molecule has 0 aliphatic rings. The third-order valence-electron chi connectivity index (χ3n) is 1.28. The fraction of sp³-hybridized carbons (Fsp3) is 0.500. The Labute approximate surface area is 64.2 Å². The maximum atomic E-state index is 8.31. The third-order valence-corrected chi connectivity index (χ3v) is 1.28. The molecule has 0 saturated carbocycles. The molecule has 1 rings (SSSR count). The Morgan fingerprint density at radius 2 is 2.55 bits per heavy atom. The van der Waals surface area contributed by atoms with Gasteiger partial charge in [0, 0.05) is 0 Å². The number of hydrogen-bond donors (Lipinski definition) is 2. The molecular weight excluding hydrogens is 142 g/mol. The molecule has 0 amide bonds. The normalized spacial score (nSPS) is 12.5. The number of aromatic amines is 1. The van der Waals surface area contributed by atoms with Crippen molar-refractivity contribution < 1.29 is 0 Å². The lowest BCUT2D eigenvalue weighted by atomic mass is 10.2. The maximum Gasteiger partial charge on any atom is 0.147 e. The average molecular weight is 151 g/mol. The van der Waals surface area contributed by atoms with Crippen LogP contribution < -0.4 is 5.73 Å². The Bertz CT molecular complexity index is 271. The number of aryl methyl sites for hydroxylation is 1. The van der Waals surface area contributed by atoms with Gasteiger partial charge in [-0.3, -0.25) is 5.10 Å². The van der Waals surface area contributed by atoms with E-state index in [1.165, 1.54) is 0 Å². The van der Waals surface area contributed by atoms with E-state index in [-0.39, 0.29) is 12.5 Å². The molecule has 1 aromatic heterocycles. The number of aromatic nitrogens is 3. The zero-order valence-electron chi connectivity index (χ0n) is 6.20. The van der Waals surface area contributed by atoms with Crippen LogP contribution in [0, 0.1) is 18.3 Å². The molecule has 0 saturated heterocycles. The zero-order chi connectivity index (χ0) is 8.27. The van der Waals surface area contributed by atoms with Gasteiger partial charge in [0.15, 0.2) is 0 Å². The first-order chi connectivity index (χ1) is 5.24. The first-order valence-corrected chi connectivity index (χ1v) is 3.25. The van der Waals surface area contributed by atoms with Crippen LogP contribution in [-0.4, -0.2) is 15.2 Å².